The third kappa shape index (κ3) is 6.54. The largest absolute Gasteiger partial charge is 0.455 e. The van der Waals surface area contributed by atoms with Gasteiger partial charge >= 0.3 is 0 Å². The molecular formula is C23H22Cl3N3O4S. The van der Waals surface area contributed by atoms with E-state index in [1.165, 1.54) is 42.7 Å². The second-order valence-corrected chi connectivity index (χ2v) is 11.4. The van der Waals surface area contributed by atoms with Crippen molar-refractivity contribution in [3.05, 3.63) is 75.0 Å². The average molecular weight is 543 g/mol. The number of sulfonamides is 1. The fraction of sp³-hybridized carbons (Fsp3) is 0.217. The maximum absolute atomic E-state index is 13.0. The summed E-state index contributed by atoms with van der Waals surface area (Å²) in [5.74, 6) is 0.0436. The van der Waals surface area contributed by atoms with Crippen molar-refractivity contribution in [3.8, 4) is 11.5 Å². The molecule has 1 aromatic heterocycles. The quantitative estimate of drug-likeness (QED) is 0.372. The molecule has 7 nitrogen and oxygen atoms in total. The Bertz CT molecular complexity index is 1360. The minimum absolute atomic E-state index is 0.0257. The van der Waals surface area contributed by atoms with E-state index in [0.29, 0.717) is 21.4 Å². The lowest BCUT2D eigenvalue weighted by molar-refractivity contribution is 0.0917. The number of carbonyl (C=O) groups excluding carboxylic acids is 1. The molecule has 11 heteroatoms. The fourth-order valence-electron chi connectivity index (χ4n) is 2.89. The van der Waals surface area contributed by atoms with Crippen molar-refractivity contribution in [3.63, 3.8) is 0 Å². The van der Waals surface area contributed by atoms with Gasteiger partial charge in [0.25, 0.3) is 15.9 Å². The van der Waals surface area contributed by atoms with Gasteiger partial charge in [-0.05, 0) is 63.6 Å². The number of aromatic nitrogens is 1. The molecule has 3 rings (SSSR count). The fourth-order valence-corrected chi connectivity index (χ4v) is 4.94. The van der Waals surface area contributed by atoms with Crippen LogP contribution in [0.5, 0.6) is 11.5 Å². The van der Waals surface area contributed by atoms with Gasteiger partial charge in [-0.25, -0.2) is 8.42 Å². The number of benzene rings is 2. The zero-order valence-electron chi connectivity index (χ0n) is 18.7. The van der Waals surface area contributed by atoms with E-state index in [9.17, 15) is 13.2 Å². The van der Waals surface area contributed by atoms with Gasteiger partial charge < -0.3 is 10.1 Å². The summed E-state index contributed by atoms with van der Waals surface area (Å²) in [4.78, 5) is 16.8. The molecule has 0 spiro atoms. The topological polar surface area (TPSA) is 97.4 Å². The van der Waals surface area contributed by atoms with Crippen LogP contribution in [-0.2, 0) is 10.0 Å². The van der Waals surface area contributed by atoms with Gasteiger partial charge in [-0.1, -0.05) is 34.8 Å². The Labute approximate surface area is 213 Å². The van der Waals surface area contributed by atoms with Crippen molar-refractivity contribution in [2.75, 3.05) is 4.72 Å². The molecule has 2 N–H and O–H groups in total. The summed E-state index contributed by atoms with van der Waals surface area (Å²) < 4.78 is 34.3. The maximum Gasteiger partial charge on any atom is 0.263 e. The summed E-state index contributed by atoms with van der Waals surface area (Å²) in [6.45, 7) is 7.14. The molecule has 0 saturated heterocycles. The average Bonchev–Trinajstić information content (AvgIpc) is 2.70. The predicted molar refractivity (Wildman–Crippen MR) is 135 cm³/mol. The van der Waals surface area contributed by atoms with Gasteiger partial charge in [0, 0.05) is 28.5 Å². The van der Waals surface area contributed by atoms with E-state index >= 15 is 0 Å². The number of aryl methyl sites for hydroxylation is 1. The highest BCUT2D eigenvalue weighted by Crippen LogP contribution is 2.32. The van der Waals surface area contributed by atoms with Crippen LogP contribution in [0.1, 0.15) is 36.7 Å². The summed E-state index contributed by atoms with van der Waals surface area (Å²) in [5, 5.41) is 3.53. The van der Waals surface area contributed by atoms with Crippen molar-refractivity contribution in [2.24, 2.45) is 0 Å². The number of anilines is 1. The van der Waals surface area contributed by atoms with Crippen LogP contribution in [0.2, 0.25) is 15.1 Å². The van der Waals surface area contributed by atoms with Gasteiger partial charge in [-0.15, -0.1) is 0 Å². The van der Waals surface area contributed by atoms with Gasteiger partial charge in [0.15, 0.2) is 0 Å². The Morgan fingerprint density at radius 2 is 1.71 bits per heavy atom. The smallest absolute Gasteiger partial charge is 0.263 e. The lowest BCUT2D eigenvalue weighted by Gasteiger charge is -2.22. The van der Waals surface area contributed by atoms with Gasteiger partial charge in [0.1, 0.15) is 16.4 Å². The molecule has 34 heavy (non-hydrogen) atoms. The van der Waals surface area contributed by atoms with Crippen LogP contribution in [0, 0.1) is 6.92 Å². The molecule has 180 valence electrons. The van der Waals surface area contributed by atoms with Crippen LogP contribution >= 0.6 is 34.8 Å². The van der Waals surface area contributed by atoms with Gasteiger partial charge in [-0.2, -0.15) is 0 Å². The Balaban J connectivity index is 2.01. The first-order chi connectivity index (χ1) is 15.7. The number of pyridine rings is 1. The number of halogens is 3. The lowest BCUT2D eigenvalue weighted by Crippen LogP contribution is -2.40. The predicted octanol–water partition coefficient (Wildman–Crippen LogP) is 6.47. The Morgan fingerprint density at radius 3 is 2.35 bits per heavy atom. The summed E-state index contributed by atoms with van der Waals surface area (Å²) in [7, 11) is -4.08. The van der Waals surface area contributed by atoms with E-state index in [4.69, 9.17) is 39.5 Å². The van der Waals surface area contributed by atoms with Crippen LogP contribution in [0.15, 0.2) is 53.7 Å². The molecule has 0 unspecified atom stereocenters. The van der Waals surface area contributed by atoms with Crippen LogP contribution in [0.3, 0.4) is 0 Å². The number of rotatable bonds is 6. The third-order valence-electron chi connectivity index (χ3n) is 4.38. The molecule has 1 amide bonds. The molecule has 0 atom stereocenters. The Morgan fingerprint density at radius 1 is 1.00 bits per heavy atom. The molecule has 0 aliphatic carbocycles. The van der Waals surface area contributed by atoms with Gasteiger partial charge in [-0.3, -0.25) is 14.5 Å². The number of amides is 1. The monoisotopic (exact) mass is 541 g/mol. The first-order valence-corrected chi connectivity index (χ1v) is 12.6. The van der Waals surface area contributed by atoms with E-state index in [1.54, 1.807) is 13.0 Å². The molecule has 0 radical (unpaired) electrons. The van der Waals surface area contributed by atoms with Crippen LogP contribution in [0.25, 0.3) is 0 Å². The van der Waals surface area contributed by atoms with Crippen molar-refractivity contribution in [1.82, 2.24) is 10.3 Å². The summed E-state index contributed by atoms with van der Waals surface area (Å²) >= 11 is 18.1. The Hall–Kier alpha value is -2.52. The molecule has 0 aliphatic rings. The normalized spacial score (nSPS) is 11.7. The molecule has 0 aliphatic heterocycles. The van der Waals surface area contributed by atoms with Crippen LogP contribution in [-0.4, -0.2) is 24.8 Å². The number of ether oxygens (including phenoxy) is 1. The molecule has 0 bridgehead atoms. The Kier molecular flexibility index (Phi) is 7.67. The summed E-state index contributed by atoms with van der Waals surface area (Å²) in [5.41, 5.74) is 0.249. The standard InChI is InChI=1S/C23H22Cl3N3O4S/c1-13-7-21(19(26)10-18(13)25)34(31,32)29-15-5-6-20(33-16-8-14(24)11-27-12-16)17(9-15)22(30)28-23(2,3)4/h5-12,29H,1-4H3,(H,28,30). The molecule has 0 saturated carbocycles. The van der Waals surface area contributed by atoms with Crippen LogP contribution in [0.4, 0.5) is 5.69 Å². The summed E-state index contributed by atoms with van der Waals surface area (Å²) in [6, 6.07) is 8.61. The zero-order chi connectivity index (χ0) is 25.3. The van der Waals surface area contributed by atoms with Crippen molar-refractivity contribution < 1.29 is 17.9 Å². The van der Waals surface area contributed by atoms with Gasteiger partial charge in [0.2, 0.25) is 0 Å². The highest BCUT2D eigenvalue weighted by atomic mass is 35.5. The van der Waals surface area contributed by atoms with E-state index in [1.807, 2.05) is 20.8 Å². The van der Waals surface area contributed by atoms with Crippen molar-refractivity contribution >= 4 is 56.4 Å². The van der Waals surface area contributed by atoms with E-state index in [-0.39, 0.29) is 26.9 Å². The van der Waals surface area contributed by atoms with E-state index < -0.39 is 21.5 Å². The van der Waals surface area contributed by atoms with E-state index in [0.717, 1.165) is 0 Å². The van der Waals surface area contributed by atoms with Gasteiger partial charge in [0.05, 0.1) is 21.8 Å². The zero-order valence-corrected chi connectivity index (χ0v) is 21.8. The SMILES string of the molecule is Cc1cc(S(=O)(=O)Nc2ccc(Oc3cncc(Cl)c3)c(C(=O)NC(C)(C)C)c2)c(Cl)cc1Cl. The molecule has 3 aromatic rings. The van der Waals surface area contributed by atoms with Crippen LogP contribution < -0.4 is 14.8 Å². The summed E-state index contributed by atoms with van der Waals surface area (Å²) in [6.07, 6.45) is 2.89. The number of nitrogens with one attached hydrogen (secondary N) is 2. The highest BCUT2D eigenvalue weighted by Gasteiger charge is 2.23. The number of nitrogens with zero attached hydrogens (tertiary/aromatic N) is 1. The lowest BCUT2D eigenvalue weighted by atomic mass is 10.1. The van der Waals surface area contributed by atoms with Crippen molar-refractivity contribution in [2.45, 2.75) is 38.1 Å². The minimum Gasteiger partial charge on any atom is -0.455 e. The number of hydrogen-bond donors (Lipinski definition) is 2. The van der Waals surface area contributed by atoms with E-state index in [2.05, 4.69) is 15.0 Å². The second kappa shape index (κ2) is 10.00. The molecule has 1 heterocycles. The first kappa shape index (κ1) is 26.1. The molecule has 2 aromatic carbocycles. The molecule has 0 fully saturated rings. The minimum atomic E-state index is -4.08. The first-order valence-electron chi connectivity index (χ1n) is 9.98. The third-order valence-corrected chi connectivity index (χ3v) is 6.84. The van der Waals surface area contributed by atoms with Crippen molar-refractivity contribution in [1.29, 1.82) is 0 Å². The second-order valence-electron chi connectivity index (χ2n) is 8.49. The maximum atomic E-state index is 13.0. The number of carbonyl (C=O) groups is 1. The molecular weight excluding hydrogens is 521 g/mol. The number of hydrogen-bond acceptors (Lipinski definition) is 5. The highest BCUT2D eigenvalue weighted by molar-refractivity contribution is 7.92.